The number of ether oxygens (including phenoxy) is 1. The van der Waals surface area contributed by atoms with Crippen LogP contribution >= 0.6 is 0 Å². The van der Waals surface area contributed by atoms with Crippen molar-refractivity contribution in [2.45, 2.75) is 31.9 Å². The molecule has 0 saturated carbocycles. The van der Waals surface area contributed by atoms with Crippen LogP contribution in [-0.4, -0.2) is 82.1 Å². The molecule has 1 atom stereocenters. The minimum atomic E-state index is -0.824. The molecule has 0 radical (unpaired) electrons. The minimum Gasteiger partial charge on any atom is -0.387 e. The van der Waals surface area contributed by atoms with Crippen molar-refractivity contribution in [3.8, 4) is 0 Å². The number of morpholine rings is 1. The lowest BCUT2D eigenvalue weighted by molar-refractivity contribution is -0.0257. The van der Waals surface area contributed by atoms with Crippen LogP contribution < -0.4 is 0 Å². The third-order valence-corrected chi connectivity index (χ3v) is 4.62. The van der Waals surface area contributed by atoms with E-state index in [9.17, 15) is 9.90 Å². The van der Waals surface area contributed by atoms with Crippen LogP contribution in [0.1, 0.15) is 36.8 Å². The van der Waals surface area contributed by atoms with Gasteiger partial charge in [0.25, 0.3) is 5.91 Å². The molecule has 3 rings (SSSR count). The first-order valence-electron chi connectivity index (χ1n) is 8.34. The maximum absolute atomic E-state index is 12.7. The van der Waals surface area contributed by atoms with E-state index in [4.69, 9.17) is 4.74 Å². The molecule has 2 saturated heterocycles. The van der Waals surface area contributed by atoms with Crippen LogP contribution in [0, 0.1) is 0 Å². The molecule has 1 amide bonds. The first kappa shape index (κ1) is 16.4. The summed E-state index contributed by atoms with van der Waals surface area (Å²) in [6.45, 7) is 8.69. The molecule has 0 spiro atoms. The highest BCUT2D eigenvalue weighted by Gasteiger charge is 2.40. The second-order valence-electron chi connectivity index (χ2n) is 6.84. The number of amides is 1. The van der Waals surface area contributed by atoms with E-state index in [1.54, 1.807) is 21.8 Å². The van der Waals surface area contributed by atoms with Crippen molar-refractivity contribution < 1.29 is 14.6 Å². The molecule has 7 nitrogen and oxygen atoms in total. The van der Waals surface area contributed by atoms with Gasteiger partial charge in [-0.3, -0.25) is 14.4 Å². The number of likely N-dealkylation sites (tertiary alicyclic amines) is 1. The van der Waals surface area contributed by atoms with Crippen LogP contribution in [0.3, 0.4) is 0 Å². The fourth-order valence-corrected chi connectivity index (χ4v) is 3.39. The second-order valence-corrected chi connectivity index (χ2v) is 6.84. The molecule has 2 fully saturated rings. The van der Waals surface area contributed by atoms with Gasteiger partial charge >= 0.3 is 0 Å². The van der Waals surface area contributed by atoms with Crippen LogP contribution in [0.4, 0.5) is 0 Å². The summed E-state index contributed by atoms with van der Waals surface area (Å²) in [5, 5.41) is 15.1. The van der Waals surface area contributed by atoms with Crippen LogP contribution in [0.5, 0.6) is 0 Å². The number of hydrogen-bond acceptors (Lipinski definition) is 5. The highest BCUT2D eigenvalue weighted by molar-refractivity contribution is 5.92. The summed E-state index contributed by atoms with van der Waals surface area (Å²) in [6.07, 6.45) is 2.27. The zero-order valence-corrected chi connectivity index (χ0v) is 13.9. The number of hydrogen-bond donors (Lipinski definition) is 1. The van der Waals surface area contributed by atoms with Crippen molar-refractivity contribution in [1.82, 2.24) is 19.6 Å². The number of carbonyl (C=O) groups excluding carboxylic acids is 1. The number of aromatic nitrogens is 2. The average molecular weight is 322 g/mol. The van der Waals surface area contributed by atoms with Gasteiger partial charge < -0.3 is 14.7 Å². The van der Waals surface area contributed by atoms with Crippen LogP contribution in [0.15, 0.2) is 12.3 Å². The zero-order valence-electron chi connectivity index (χ0n) is 13.9. The average Bonchev–Trinajstić information content (AvgIpc) is 3.14. The Balaban J connectivity index is 1.64. The molecule has 1 aromatic rings. The van der Waals surface area contributed by atoms with E-state index in [1.165, 1.54) is 0 Å². The summed E-state index contributed by atoms with van der Waals surface area (Å²) in [6, 6.07) is 1.89. The zero-order chi connectivity index (χ0) is 16.4. The van der Waals surface area contributed by atoms with Gasteiger partial charge in [0.2, 0.25) is 0 Å². The molecular weight excluding hydrogens is 296 g/mol. The monoisotopic (exact) mass is 322 g/mol. The van der Waals surface area contributed by atoms with Crippen LogP contribution in [0.2, 0.25) is 0 Å². The molecule has 0 unspecified atom stereocenters. The Labute approximate surface area is 136 Å². The highest BCUT2D eigenvalue weighted by Crippen LogP contribution is 2.25. The van der Waals surface area contributed by atoms with Crippen molar-refractivity contribution in [3.63, 3.8) is 0 Å². The molecule has 0 bridgehead atoms. The molecule has 1 N–H and O–H groups in total. The Hall–Kier alpha value is -1.44. The van der Waals surface area contributed by atoms with Crippen molar-refractivity contribution in [2.24, 2.45) is 0 Å². The Morgan fingerprint density at radius 3 is 2.83 bits per heavy atom. The Bertz CT molecular complexity index is 553. The normalized spacial score (nSPS) is 26.2. The van der Waals surface area contributed by atoms with Crippen molar-refractivity contribution in [3.05, 3.63) is 18.0 Å². The third-order valence-electron chi connectivity index (χ3n) is 4.62. The molecule has 2 aliphatic heterocycles. The molecule has 3 heterocycles. The lowest BCUT2D eigenvalue weighted by Gasteiger charge is -2.33. The largest absolute Gasteiger partial charge is 0.387 e. The van der Waals surface area contributed by atoms with E-state index in [2.05, 4.69) is 10.00 Å². The van der Waals surface area contributed by atoms with E-state index in [1.807, 2.05) is 13.8 Å². The summed E-state index contributed by atoms with van der Waals surface area (Å²) in [4.78, 5) is 16.7. The van der Waals surface area contributed by atoms with Gasteiger partial charge in [0.1, 0.15) is 5.69 Å². The van der Waals surface area contributed by atoms with Crippen LogP contribution in [0.25, 0.3) is 0 Å². The van der Waals surface area contributed by atoms with E-state index in [0.29, 0.717) is 45.0 Å². The van der Waals surface area contributed by atoms with Gasteiger partial charge in [-0.15, -0.1) is 0 Å². The third kappa shape index (κ3) is 3.57. The number of aliphatic hydroxyl groups is 1. The summed E-state index contributed by atoms with van der Waals surface area (Å²) < 4.78 is 7.08. The van der Waals surface area contributed by atoms with Gasteiger partial charge in [-0.2, -0.15) is 5.10 Å². The van der Waals surface area contributed by atoms with Crippen molar-refractivity contribution in [1.29, 1.82) is 0 Å². The Morgan fingerprint density at radius 2 is 2.13 bits per heavy atom. The van der Waals surface area contributed by atoms with E-state index < -0.39 is 5.60 Å². The standard InChI is InChI=1S/C16H26N4O3/c1-13(2)20-14(3-5-17-20)15(21)19-6-4-16(22,12-19)11-18-7-9-23-10-8-18/h3,5,13,22H,4,6-12H2,1-2H3/t16-/m1/s1. The summed E-state index contributed by atoms with van der Waals surface area (Å²) in [7, 11) is 0. The van der Waals surface area contributed by atoms with E-state index >= 15 is 0 Å². The van der Waals surface area contributed by atoms with E-state index in [0.717, 1.165) is 13.1 Å². The van der Waals surface area contributed by atoms with Gasteiger partial charge in [0.15, 0.2) is 0 Å². The van der Waals surface area contributed by atoms with Crippen molar-refractivity contribution >= 4 is 5.91 Å². The molecule has 7 heteroatoms. The van der Waals surface area contributed by atoms with Gasteiger partial charge in [-0.25, -0.2) is 0 Å². The number of nitrogens with zero attached hydrogens (tertiary/aromatic N) is 4. The number of rotatable bonds is 4. The van der Waals surface area contributed by atoms with Gasteiger partial charge in [0, 0.05) is 38.4 Å². The first-order valence-corrected chi connectivity index (χ1v) is 8.34. The fraction of sp³-hybridized carbons (Fsp3) is 0.750. The summed E-state index contributed by atoms with van der Waals surface area (Å²) >= 11 is 0. The van der Waals surface area contributed by atoms with Crippen molar-refractivity contribution in [2.75, 3.05) is 45.9 Å². The topological polar surface area (TPSA) is 70.8 Å². The van der Waals surface area contributed by atoms with Gasteiger partial charge in [-0.05, 0) is 26.3 Å². The first-order chi connectivity index (χ1) is 11.0. The predicted octanol–water partition coefficient (Wildman–Crippen LogP) is 0.373. The quantitative estimate of drug-likeness (QED) is 0.867. The summed E-state index contributed by atoms with van der Waals surface area (Å²) in [5.74, 6) is -0.0471. The molecule has 0 aromatic carbocycles. The Kier molecular flexibility index (Phi) is 4.70. The van der Waals surface area contributed by atoms with E-state index in [-0.39, 0.29) is 11.9 Å². The Morgan fingerprint density at radius 1 is 1.39 bits per heavy atom. The smallest absolute Gasteiger partial charge is 0.272 e. The molecule has 1 aromatic heterocycles. The molecule has 2 aliphatic rings. The molecule has 0 aliphatic carbocycles. The lowest BCUT2D eigenvalue weighted by atomic mass is 10.0. The predicted molar refractivity (Wildman–Crippen MR) is 85.3 cm³/mol. The van der Waals surface area contributed by atoms with Crippen LogP contribution in [-0.2, 0) is 4.74 Å². The number of β-amino-alcohol motifs (C(OH)–C–C–N with tert-alkyl or cyclic N) is 1. The second kappa shape index (κ2) is 6.59. The SMILES string of the molecule is CC(C)n1nccc1C(=O)N1CC[C@@](O)(CN2CCOCC2)C1. The highest BCUT2D eigenvalue weighted by atomic mass is 16.5. The minimum absolute atomic E-state index is 0.0471. The van der Waals surface area contributed by atoms with Gasteiger partial charge in [0.05, 0.1) is 25.4 Å². The van der Waals surface area contributed by atoms with Gasteiger partial charge in [-0.1, -0.05) is 0 Å². The fourth-order valence-electron chi connectivity index (χ4n) is 3.39. The maximum atomic E-state index is 12.7. The summed E-state index contributed by atoms with van der Waals surface area (Å²) in [5.41, 5.74) is -0.231. The maximum Gasteiger partial charge on any atom is 0.272 e. The lowest BCUT2D eigenvalue weighted by Crippen LogP contribution is -2.49. The molecular formula is C16H26N4O3. The molecule has 23 heavy (non-hydrogen) atoms. The molecule has 128 valence electrons. The number of carbonyl (C=O) groups is 1.